The first-order chi connectivity index (χ1) is 17.9. The van der Waals surface area contributed by atoms with Crippen LogP contribution in [0.1, 0.15) is 70.0 Å². The van der Waals surface area contributed by atoms with E-state index in [1.807, 2.05) is 43.3 Å². The van der Waals surface area contributed by atoms with E-state index in [0.717, 1.165) is 36.8 Å². The third-order valence-electron chi connectivity index (χ3n) is 6.65. The SMILES string of the molecule is CCCCCCOC(=O)N(Cc1ccccc1)C1CC(C)N(C(=O)OCC)c2cc(OC)c(OC)cc21. The summed E-state index contributed by atoms with van der Waals surface area (Å²) in [7, 11) is 3.13. The van der Waals surface area contributed by atoms with E-state index >= 15 is 0 Å². The van der Waals surface area contributed by atoms with Crippen LogP contribution in [-0.2, 0) is 16.0 Å². The first kappa shape index (κ1) is 28.2. The number of hydrogen-bond donors (Lipinski definition) is 0. The van der Waals surface area contributed by atoms with Crippen molar-refractivity contribution in [1.29, 1.82) is 0 Å². The summed E-state index contributed by atoms with van der Waals surface area (Å²) in [4.78, 5) is 29.9. The Bertz CT molecular complexity index is 1030. The minimum Gasteiger partial charge on any atom is -0.493 e. The van der Waals surface area contributed by atoms with Gasteiger partial charge >= 0.3 is 12.2 Å². The predicted molar refractivity (Wildman–Crippen MR) is 143 cm³/mol. The minimum atomic E-state index is -0.435. The van der Waals surface area contributed by atoms with Crippen LogP contribution < -0.4 is 14.4 Å². The summed E-state index contributed by atoms with van der Waals surface area (Å²) in [6, 6.07) is 12.9. The Morgan fingerprint density at radius 3 is 2.32 bits per heavy atom. The number of unbranched alkanes of at least 4 members (excludes halogenated alkanes) is 3. The van der Waals surface area contributed by atoms with E-state index in [-0.39, 0.29) is 24.8 Å². The van der Waals surface area contributed by atoms with Gasteiger partial charge in [-0.1, -0.05) is 56.5 Å². The molecular formula is C29H40N2O6. The molecular weight excluding hydrogens is 472 g/mol. The first-order valence-corrected chi connectivity index (χ1v) is 13.1. The van der Waals surface area contributed by atoms with Gasteiger partial charge in [0.05, 0.1) is 39.2 Å². The fourth-order valence-corrected chi connectivity index (χ4v) is 4.77. The Labute approximate surface area is 220 Å². The van der Waals surface area contributed by atoms with Gasteiger partial charge < -0.3 is 18.9 Å². The molecule has 1 heterocycles. The van der Waals surface area contributed by atoms with Crippen molar-refractivity contribution in [3.8, 4) is 11.5 Å². The van der Waals surface area contributed by atoms with Crippen molar-refractivity contribution in [3.63, 3.8) is 0 Å². The van der Waals surface area contributed by atoms with Crippen molar-refractivity contribution in [3.05, 3.63) is 53.6 Å². The van der Waals surface area contributed by atoms with Gasteiger partial charge in [-0.15, -0.1) is 0 Å². The molecule has 202 valence electrons. The molecule has 1 aliphatic heterocycles. The van der Waals surface area contributed by atoms with Crippen LogP contribution in [0.15, 0.2) is 42.5 Å². The summed E-state index contributed by atoms with van der Waals surface area (Å²) >= 11 is 0. The monoisotopic (exact) mass is 512 g/mol. The lowest BCUT2D eigenvalue weighted by Crippen LogP contribution is -2.47. The molecule has 8 heteroatoms. The number of benzene rings is 2. The molecule has 2 aromatic carbocycles. The number of fused-ring (bicyclic) bond motifs is 1. The molecule has 2 atom stereocenters. The fourth-order valence-electron chi connectivity index (χ4n) is 4.77. The third kappa shape index (κ3) is 6.87. The number of hydrogen-bond acceptors (Lipinski definition) is 6. The van der Waals surface area contributed by atoms with Crippen LogP contribution in [-0.4, -0.2) is 50.6 Å². The van der Waals surface area contributed by atoms with Gasteiger partial charge in [0.25, 0.3) is 0 Å². The van der Waals surface area contributed by atoms with Crippen molar-refractivity contribution in [2.75, 3.05) is 32.3 Å². The van der Waals surface area contributed by atoms with Gasteiger partial charge in [0.1, 0.15) is 0 Å². The van der Waals surface area contributed by atoms with Gasteiger partial charge in [-0.3, -0.25) is 9.80 Å². The zero-order valence-corrected chi connectivity index (χ0v) is 22.7. The molecule has 2 unspecified atom stereocenters. The minimum absolute atomic E-state index is 0.231. The second-order valence-corrected chi connectivity index (χ2v) is 9.22. The van der Waals surface area contributed by atoms with Crippen molar-refractivity contribution < 1.29 is 28.5 Å². The quantitative estimate of drug-likeness (QED) is 0.311. The van der Waals surface area contributed by atoms with E-state index in [1.165, 1.54) is 0 Å². The maximum absolute atomic E-state index is 13.5. The summed E-state index contributed by atoms with van der Waals surface area (Å²) in [6.07, 6.45) is 3.80. The maximum atomic E-state index is 13.5. The highest BCUT2D eigenvalue weighted by Gasteiger charge is 2.40. The Morgan fingerprint density at radius 2 is 1.68 bits per heavy atom. The summed E-state index contributed by atoms with van der Waals surface area (Å²) in [5, 5.41) is 0. The smallest absolute Gasteiger partial charge is 0.414 e. The topological polar surface area (TPSA) is 77.5 Å². The molecule has 3 rings (SSSR count). The van der Waals surface area contributed by atoms with Crippen molar-refractivity contribution in [1.82, 2.24) is 4.90 Å². The van der Waals surface area contributed by atoms with Gasteiger partial charge in [-0.25, -0.2) is 9.59 Å². The maximum Gasteiger partial charge on any atom is 0.414 e. The van der Waals surface area contributed by atoms with E-state index in [9.17, 15) is 9.59 Å². The lowest BCUT2D eigenvalue weighted by atomic mass is 9.90. The van der Waals surface area contributed by atoms with E-state index in [0.29, 0.717) is 36.8 Å². The van der Waals surface area contributed by atoms with E-state index in [1.54, 1.807) is 37.0 Å². The summed E-state index contributed by atoms with van der Waals surface area (Å²) < 4.78 is 22.3. The number of carbonyl (C=O) groups excluding carboxylic acids is 2. The molecule has 0 aliphatic carbocycles. The van der Waals surface area contributed by atoms with Crippen LogP contribution in [0.2, 0.25) is 0 Å². The van der Waals surface area contributed by atoms with Gasteiger partial charge in [0, 0.05) is 24.2 Å². The molecule has 0 radical (unpaired) electrons. The summed E-state index contributed by atoms with van der Waals surface area (Å²) in [5.74, 6) is 1.02. The average molecular weight is 513 g/mol. The highest BCUT2D eigenvalue weighted by atomic mass is 16.6. The molecule has 0 aromatic heterocycles. The second kappa shape index (κ2) is 13.8. The van der Waals surface area contributed by atoms with E-state index in [2.05, 4.69) is 6.92 Å². The van der Waals surface area contributed by atoms with Crippen LogP contribution in [0.3, 0.4) is 0 Å². The standard InChI is InChI=1S/C29H40N2O6/c1-6-8-9-13-16-37-28(32)30(20-22-14-11-10-12-15-22)24-17-21(3)31(29(33)36-7-2)25-19-27(35-5)26(34-4)18-23(24)25/h10-12,14-15,18-19,21,24H,6-9,13,16-17,20H2,1-5H3. The van der Waals surface area contributed by atoms with Gasteiger partial charge in [0.2, 0.25) is 0 Å². The molecule has 0 spiro atoms. The Hall–Kier alpha value is -3.42. The van der Waals surface area contributed by atoms with E-state index < -0.39 is 6.09 Å². The lowest BCUT2D eigenvalue weighted by Gasteiger charge is -2.42. The number of anilines is 1. The van der Waals surface area contributed by atoms with E-state index in [4.69, 9.17) is 18.9 Å². The second-order valence-electron chi connectivity index (χ2n) is 9.22. The molecule has 0 saturated carbocycles. The molecule has 0 saturated heterocycles. The first-order valence-electron chi connectivity index (χ1n) is 13.1. The largest absolute Gasteiger partial charge is 0.493 e. The third-order valence-corrected chi connectivity index (χ3v) is 6.65. The number of carbonyl (C=O) groups is 2. The van der Waals surface area contributed by atoms with Gasteiger partial charge in [0.15, 0.2) is 11.5 Å². The zero-order valence-electron chi connectivity index (χ0n) is 22.7. The summed E-state index contributed by atoms with van der Waals surface area (Å²) in [6.45, 7) is 6.90. The van der Waals surface area contributed by atoms with Gasteiger partial charge in [-0.2, -0.15) is 0 Å². The van der Waals surface area contributed by atoms with Crippen molar-refractivity contribution >= 4 is 17.9 Å². The Kier molecular flexibility index (Phi) is 10.5. The Morgan fingerprint density at radius 1 is 0.973 bits per heavy atom. The molecule has 37 heavy (non-hydrogen) atoms. The number of ether oxygens (including phenoxy) is 4. The number of nitrogens with zero attached hydrogens (tertiary/aromatic N) is 2. The Balaban J connectivity index is 2.03. The van der Waals surface area contributed by atoms with Crippen LogP contribution in [0, 0.1) is 0 Å². The van der Waals surface area contributed by atoms with Gasteiger partial charge in [-0.05, 0) is 38.3 Å². The zero-order chi connectivity index (χ0) is 26.8. The van der Waals surface area contributed by atoms with Crippen molar-refractivity contribution in [2.45, 2.75) is 71.5 Å². The average Bonchev–Trinajstić information content (AvgIpc) is 2.91. The molecule has 0 N–H and O–H groups in total. The number of rotatable bonds is 11. The molecule has 2 amide bonds. The highest BCUT2D eigenvalue weighted by Crippen LogP contribution is 2.46. The number of methoxy groups -OCH3 is 2. The van der Waals surface area contributed by atoms with Crippen molar-refractivity contribution in [2.24, 2.45) is 0 Å². The highest BCUT2D eigenvalue weighted by molar-refractivity contribution is 5.91. The molecule has 1 aliphatic rings. The molecule has 0 bridgehead atoms. The summed E-state index contributed by atoms with van der Waals surface area (Å²) in [5.41, 5.74) is 2.41. The number of amides is 2. The van der Waals surface area contributed by atoms with Crippen LogP contribution in [0.25, 0.3) is 0 Å². The lowest BCUT2D eigenvalue weighted by molar-refractivity contribution is 0.0757. The van der Waals surface area contributed by atoms with Crippen LogP contribution in [0.4, 0.5) is 15.3 Å². The molecule has 0 fully saturated rings. The molecule has 8 nitrogen and oxygen atoms in total. The fraction of sp³-hybridized carbons (Fsp3) is 0.517. The predicted octanol–water partition coefficient (Wildman–Crippen LogP) is 6.72. The van der Waals surface area contributed by atoms with Crippen LogP contribution in [0.5, 0.6) is 11.5 Å². The molecule has 2 aromatic rings. The normalized spacial score (nSPS) is 16.5. The van der Waals surface area contributed by atoms with Crippen LogP contribution >= 0.6 is 0 Å².